The van der Waals surface area contributed by atoms with Gasteiger partial charge in [0, 0.05) is 36.1 Å². The van der Waals surface area contributed by atoms with E-state index in [2.05, 4.69) is 21.1 Å². The van der Waals surface area contributed by atoms with Crippen LogP contribution >= 0.6 is 23.2 Å². The van der Waals surface area contributed by atoms with Gasteiger partial charge >= 0.3 is 0 Å². The molecule has 0 bridgehead atoms. The molecular formula is C19H16Cl2N6O6. The van der Waals surface area contributed by atoms with E-state index >= 15 is 0 Å². The van der Waals surface area contributed by atoms with E-state index < -0.39 is 21.7 Å². The standard InChI is InChI=1S/C19H16Cl2N6O6/c20-14-6-4-12(8-16(14)26(30)31)10-22-24-18(28)2-1-3-19(29)25-23-11-13-5-7-15(21)17(9-13)27(32)33/h4-11H,1-3H2,(H,24,28)(H,25,29)/b22-10-,23-11-. The molecule has 33 heavy (non-hydrogen) atoms. The zero-order valence-electron chi connectivity index (χ0n) is 16.7. The monoisotopic (exact) mass is 494 g/mol. The lowest BCUT2D eigenvalue weighted by atomic mass is 10.2. The summed E-state index contributed by atoms with van der Waals surface area (Å²) in [5, 5.41) is 29.1. The zero-order valence-corrected chi connectivity index (χ0v) is 18.2. The van der Waals surface area contributed by atoms with E-state index in [1.807, 2.05) is 0 Å². The van der Waals surface area contributed by atoms with Gasteiger partial charge in [0.15, 0.2) is 0 Å². The second-order valence-electron chi connectivity index (χ2n) is 6.38. The van der Waals surface area contributed by atoms with Gasteiger partial charge in [-0.15, -0.1) is 0 Å². The van der Waals surface area contributed by atoms with Crippen LogP contribution < -0.4 is 10.9 Å². The smallest absolute Gasteiger partial charge is 0.273 e. The number of carbonyl (C=O) groups is 2. The van der Waals surface area contributed by atoms with Crippen LogP contribution in [0.1, 0.15) is 30.4 Å². The summed E-state index contributed by atoms with van der Waals surface area (Å²) >= 11 is 11.4. The predicted octanol–water partition coefficient (Wildman–Crippen LogP) is 3.58. The molecule has 0 spiro atoms. The fraction of sp³-hybridized carbons (Fsp3) is 0.158. The summed E-state index contributed by atoms with van der Waals surface area (Å²) in [6.45, 7) is 0. The average molecular weight is 495 g/mol. The van der Waals surface area contributed by atoms with E-state index in [-0.39, 0.29) is 40.7 Å². The van der Waals surface area contributed by atoms with Crippen LogP contribution in [0.4, 0.5) is 11.4 Å². The summed E-state index contributed by atoms with van der Waals surface area (Å²) < 4.78 is 0. The van der Waals surface area contributed by atoms with Crippen LogP contribution in [0.25, 0.3) is 0 Å². The molecule has 2 N–H and O–H groups in total. The van der Waals surface area contributed by atoms with Crippen LogP contribution in [0.5, 0.6) is 0 Å². The highest BCUT2D eigenvalue weighted by Crippen LogP contribution is 2.25. The van der Waals surface area contributed by atoms with Gasteiger partial charge in [0.25, 0.3) is 11.4 Å². The average Bonchev–Trinajstić information content (AvgIpc) is 2.75. The fourth-order valence-corrected chi connectivity index (χ4v) is 2.75. The van der Waals surface area contributed by atoms with Gasteiger partial charge in [-0.2, -0.15) is 10.2 Å². The summed E-state index contributed by atoms with van der Waals surface area (Å²) in [7, 11) is 0. The number of rotatable bonds is 10. The third-order valence-corrected chi connectivity index (χ3v) is 4.59. The Kier molecular flexibility index (Phi) is 9.39. The number of nitro benzene ring substituents is 2. The quantitative estimate of drug-likeness (QED) is 0.290. The number of nitro groups is 2. The van der Waals surface area contributed by atoms with Crippen molar-refractivity contribution in [3.63, 3.8) is 0 Å². The summed E-state index contributed by atoms with van der Waals surface area (Å²) in [6, 6.07) is 8.11. The molecule has 14 heteroatoms. The van der Waals surface area contributed by atoms with Gasteiger partial charge < -0.3 is 0 Å². The molecule has 0 unspecified atom stereocenters. The van der Waals surface area contributed by atoms with Crippen LogP contribution in [0, 0.1) is 20.2 Å². The number of amides is 2. The highest BCUT2D eigenvalue weighted by atomic mass is 35.5. The lowest BCUT2D eigenvalue weighted by Gasteiger charge is -2.01. The molecule has 0 aliphatic rings. The fourth-order valence-electron chi connectivity index (χ4n) is 2.38. The second kappa shape index (κ2) is 12.2. The first-order valence-electron chi connectivity index (χ1n) is 9.19. The number of halogens is 2. The number of hydrazone groups is 2. The van der Waals surface area contributed by atoms with Crippen molar-refractivity contribution in [2.24, 2.45) is 10.2 Å². The van der Waals surface area contributed by atoms with Crippen molar-refractivity contribution < 1.29 is 19.4 Å². The number of nitrogens with zero attached hydrogens (tertiary/aromatic N) is 4. The Hall–Kier alpha value is -3.90. The Balaban J connectivity index is 1.73. The molecule has 2 aromatic rings. The summed E-state index contributed by atoms with van der Waals surface area (Å²) in [6.07, 6.45) is 2.66. The topological polar surface area (TPSA) is 169 Å². The van der Waals surface area contributed by atoms with Crippen molar-refractivity contribution in [1.29, 1.82) is 0 Å². The number of hydrogen-bond donors (Lipinski definition) is 2. The maximum Gasteiger partial charge on any atom is 0.288 e. The molecule has 0 fully saturated rings. The van der Waals surface area contributed by atoms with E-state index in [1.54, 1.807) is 0 Å². The molecule has 0 aliphatic carbocycles. The number of hydrogen-bond acceptors (Lipinski definition) is 8. The van der Waals surface area contributed by atoms with Crippen LogP contribution in [0.3, 0.4) is 0 Å². The maximum atomic E-state index is 11.8. The first-order valence-corrected chi connectivity index (χ1v) is 9.94. The van der Waals surface area contributed by atoms with E-state index in [0.717, 1.165) is 0 Å². The van der Waals surface area contributed by atoms with Crippen LogP contribution in [0.2, 0.25) is 10.0 Å². The minimum atomic E-state index is -0.632. The van der Waals surface area contributed by atoms with Crippen LogP contribution in [0.15, 0.2) is 46.6 Å². The minimum absolute atomic E-state index is 0.00137. The molecular weight excluding hydrogens is 479 g/mol. The van der Waals surface area contributed by atoms with Crippen molar-refractivity contribution in [3.8, 4) is 0 Å². The summed E-state index contributed by atoms with van der Waals surface area (Å²) in [5.74, 6) is -0.918. The molecule has 0 saturated heterocycles. The van der Waals surface area contributed by atoms with Gasteiger partial charge in [0.2, 0.25) is 11.8 Å². The first kappa shape index (κ1) is 25.4. The lowest BCUT2D eigenvalue weighted by Crippen LogP contribution is -2.20. The molecule has 2 rings (SSSR count). The zero-order chi connectivity index (χ0) is 24.4. The number of benzene rings is 2. The van der Waals surface area contributed by atoms with Gasteiger partial charge in [-0.1, -0.05) is 35.3 Å². The molecule has 2 amide bonds. The van der Waals surface area contributed by atoms with Gasteiger partial charge in [0.1, 0.15) is 10.0 Å². The molecule has 0 aromatic heterocycles. The van der Waals surface area contributed by atoms with Gasteiger partial charge in [-0.05, 0) is 18.6 Å². The van der Waals surface area contributed by atoms with Gasteiger partial charge in [-0.25, -0.2) is 10.9 Å². The normalized spacial score (nSPS) is 11.0. The SMILES string of the molecule is O=C(CCCC(=O)N/N=C\c1ccc(Cl)c([N+](=O)[O-])c1)N/N=C\c1ccc(Cl)c([N+](=O)[O-])c1. The predicted molar refractivity (Wildman–Crippen MR) is 122 cm³/mol. The van der Waals surface area contributed by atoms with Crippen LogP contribution in [-0.4, -0.2) is 34.1 Å². The van der Waals surface area contributed by atoms with E-state index in [1.165, 1.54) is 48.8 Å². The Morgan fingerprint density at radius 3 is 1.58 bits per heavy atom. The Bertz CT molecular complexity index is 1050. The van der Waals surface area contributed by atoms with Crippen molar-refractivity contribution in [3.05, 3.63) is 77.8 Å². The lowest BCUT2D eigenvalue weighted by molar-refractivity contribution is -0.384. The largest absolute Gasteiger partial charge is 0.288 e. The van der Waals surface area contributed by atoms with E-state index in [4.69, 9.17) is 23.2 Å². The van der Waals surface area contributed by atoms with Gasteiger partial charge in [-0.3, -0.25) is 29.8 Å². The molecule has 0 aliphatic heterocycles. The second-order valence-corrected chi connectivity index (χ2v) is 7.19. The van der Waals surface area contributed by atoms with E-state index in [9.17, 15) is 29.8 Å². The van der Waals surface area contributed by atoms with Crippen molar-refractivity contribution in [2.75, 3.05) is 0 Å². The van der Waals surface area contributed by atoms with Gasteiger partial charge in [0.05, 0.1) is 22.3 Å². The molecule has 0 heterocycles. The van der Waals surface area contributed by atoms with Crippen molar-refractivity contribution >= 4 is 58.8 Å². The third-order valence-electron chi connectivity index (χ3n) is 3.95. The van der Waals surface area contributed by atoms with Crippen molar-refractivity contribution in [2.45, 2.75) is 19.3 Å². The minimum Gasteiger partial charge on any atom is -0.273 e. The van der Waals surface area contributed by atoms with Crippen LogP contribution in [-0.2, 0) is 9.59 Å². The summed E-state index contributed by atoms with van der Waals surface area (Å²) in [4.78, 5) is 44.0. The Morgan fingerprint density at radius 2 is 1.21 bits per heavy atom. The highest BCUT2D eigenvalue weighted by molar-refractivity contribution is 6.33. The molecule has 2 aromatic carbocycles. The first-order chi connectivity index (χ1) is 15.7. The molecule has 0 atom stereocenters. The molecule has 0 radical (unpaired) electrons. The molecule has 12 nitrogen and oxygen atoms in total. The third kappa shape index (κ3) is 8.27. The van der Waals surface area contributed by atoms with Crippen molar-refractivity contribution in [1.82, 2.24) is 10.9 Å². The van der Waals surface area contributed by atoms with E-state index in [0.29, 0.717) is 11.1 Å². The summed E-state index contributed by atoms with van der Waals surface area (Å²) in [5.41, 5.74) is 4.68. The number of carbonyl (C=O) groups excluding carboxylic acids is 2. The molecule has 172 valence electrons. The number of nitrogens with one attached hydrogen (secondary N) is 2. The maximum absolute atomic E-state index is 11.8. The Morgan fingerprint density at radius 1 is 0.818 bits per heavy atom. The highest BCUT2D eigenvalue weighted by Gasteiger charge is 2.13. The Labute approximate surface area is 196 Å². The molecule has 0 saturated carbocycles.